The normalized spacial score (nSPS) is 11.6. The summed E-state index contributed by atoms with van der Waals surface area (Å²) in [6.07, 6.45) is 4.02. The first-order valence-corrected chi connectivity index (χ1v) is 3.83. The fraction of sp³-hybridized carbons (Fsp3) is 0.750. The summed E-state index contributed by atoms with van der Waals surface area (Å²) in [7, 11) is 0. The molecule has 0 aromatic rings. The Balaban J connectivity index is 2.97. The van der Waals surface area contributed by atoms with Crippen molar-refractivity contribution in [2.24, 2.45) is 11.7 Å². The second-order valence-corrected chi connectivity index (χ2v) is 2.76. The van der Waals surface area contributed by atoms with E-state index in [1.165, 1.54) is 0 Å². The Morgan fingerprint density at radius 2 is 2.10 bits per heavy atom. The highest BCUT2D eigenvalue weighted by Gasteiger charge is 1.88. The van der Waals surface area contributed by atoms with Crippen molar-refractivity contribution in [3.63, 3.8) is 0 Å². The molecule has 3 N–H and O–H groups in total. The second kappa shape index (κ2) is 6.78. The molecule has 0 saturated carbocycles. The van der Waals surface area contributed by atoms with E-state index in [1.54, 1.807) is 0 Å². The van der Waals surface area contributed by atoms with Crippen LogP contribution in [0.25, 0.3) is 0 Å². The highest BCUT2D eigenvalue weighted by molar-refractivity contribution is 4.84. The molecule has 0 spiro atoms. The summed E-state index contributed by atoms with van der Waals surface area (Å²) in [6, 6.07) is 0. The lowest BCUT2D eigenvalue weighted by Gasteiger charge is -2.03. The molecule has 0 radical (unpaired) electrons. The van der Waals surface area contributed by atoms with E-state index in [4.69, 9.17) is 5.73 Å². The predicted octanol–water partition coefficient (Wildman–Crippen LogP) is 0.747. The molecule has 0 atom stereocenters. The molecule has 0 aromatic heterocycles. The first-order valence-electron chi connectivity index (χ1n) is 3.83. The van der Waals surface area contributed by atoms with Crippen molar-refractivity contribution < 1.29 is 0 Å². The fourth-order valence-electron chi connectivity index (χ4n) is 0.635. The highest BCUT2D eigenvalue weighted by Crippen LogP contribution is 1.85. The number of rotatable bonds is 5. The van der Waals surface area contributed by atoms with Gasteiger partial charge in [0, 0.05) is 13.1 Å². The average Bonchev–Trinajstić information content (AvgIpc) is 1.87. The summed E-state index contributed by atoms with van der Waals surface area (Å²) in [5.41, 5.74) is 5.26. The number of nitrogens with two attached hydrogens (primary N) is 1. The first kappa shape index (κ1) is 9.66. The second-order valence-electron chi connectivity index (χ2n) is 2.76. The average molecular weight is 142 g/mol. The zero-order valence-electron chi connectivity index (χ0n) is 6.93. The van der Waals surface area contributed by atoms with Crippen molar-refractivity contribution in [3.05, 3.63) is 12.2 Å². The third-order valence-electron chi connectivity index (χ3n) is 1.12. The van der Waals surface area contributed by atoms with E-state index in [2.05, 4.69) is 25.2 Å². The van der Waals surface area contributed by atoms with Gasteiger partial charge in [-0.25, -0.2) is 0 Å². The molecule has 2 nitrogen and oxygen atoms in total. The van der Waals surface area contributed by atoms with E-state index in [-0.39, 0.29) is 0 Å². The van der Waals surface area contributed by atoms with Gasteiger partial charge in [-0.3, -0.25) is 0 Å². The van der Waals surface area contributed by atoms with Crippen molar-refractivity contribution in [3.8, 4) is 0 Å². The molecule has 0 unspecified atom stereocenters. The van der Waals surface area contributed by atoms with Crippen molar-refractivity contribution in [2.75, 3.05) is 19.6 Å². The lowest BCUT2D eigenvalue weighted by molar-refractivity contribution is 0.577. The van der Waals surface area contributed by atoms with Gasteiger partial charge in [0.15, 0.2) is 0 Å². The third-order valence-corrected chi connectivity index (χ3v) is 1.12. The fourth-order valence-corrected chi connectivity index (χ4v) is 0.635. The molecular formula is C8H18N2. The predicted molar refractivity (Wildman–Crippen MR) is 45.9 cm³/mol. The standard InChI is InChI=1S/C8H18N2/c1-8(2)7-10-6-4-3-5-9/h3-4,8,10H,5-7,9H2,1-2H3/b4-3+. The number of nitrogens with one attached hydrogen (secondary N) is 1. The van der Waals surface area contributed by atoms with Crippen LogP contribution >= 0.6 is 0 Å². The van der Waals surface area contributed by atoms with Gasteiger partial charge in [-0.1, -0.05) is 26.0 Å². The van der Waals surface area contributed by atoms with Crippen molar-refractivity contribution in [1.29, 1.82) is 0 Å². The van der Waals surface area contributed by atoms with E-state index in [0.29, 0.717) is 6.54 Å². The lowest BCUT2D eigenvalue weighted by atomic mass is 10.2. The van der Waals surface area contributed by atoms with Crippen molar-refractivity contribution in [1.82, 2.24) is 5.32 Å². The van der Waals surface area contributed by atoms with E-state index >= 15 is 0 Å². The molecule has 0 heterocycles. The molecular weight excluding hydrogens is 124 g/mol. The Kier molecular flexibility index (Phi) is 6.55. The van der Waals surface area contributed by atoms with Gasteiger partial charge in [-0.05, 0) is 12.5 Å². The molecule has 0 aliphatic rings. The molecule has 60 valence electrons. The molecule has 0 rings (SSSR count). The lowest BCUT2D eigenvalue weighted by Crippen LogP contribution is -2.19. The maximum Gasteiger partial charge on any atom is 0.0135 e. The Bertz CT molecular complexity index is 87.3. The summed E-state index contributed by atoms with van der Waals surface area (Å²) in [5, 5.41) is 3.28. The summed E-state index contributed by atoms with van der Waals surface area (Å²) in [5.74, 6) is 0.728. The highest BCUT2D eigenvalue weighted by atomic mass is 14.8. The zero-order valence-corrected chi connectivity index (χ0v) is 6.93. The van der Waals surface area contributed by atoms with Crippen LogP contribution < -0.4 is 11.1 Å². The molecule has 10 heavy (non-hydrogen) atoms. The van der Waals surface area contributed by atoms with Crippen LogP contribution in [0.15, 0.2) is 12.2 Å². The maximum absolute atomic E-state index is 5.26. The molecule has 0 aliphatic heterocycles. The van der Waals surface area contributed by atoms with Gasteiger partial charge in [0.2, 0.25) is 0 Å². The topological polar surface area (TPSA) is 38.0 Å². The van der Waals surface area contributed by atoms with Gasteiger partial charge in [0.05, 0.1) is 0 Å². The van der Waals surface area contributed by atoms with Gasteiger partial charge >= 0.3 is 0 Å². The van der Waals surface area contributed by atoms with E-state index < -0.39 is 0 Å². The Labute approximate surface area is 63.5 Å². The van der Waals surface area contributed by atoms with Crippen LogP contribution in [-0.2, 0) is 0 Å². The Hall–Kier alpha value is -0.340. The summed E-state index contributed by atoms with van der Waals surface area (Å²) in [6.45, 7) is 7.05. The molecule has 0 saturated heterocycles. The minimum atomic E-state index is 0.642. The van der Waals surface area contributed by atoms with Gasteiger partial charge in [0.1, 0.15) is 0 Å². The van der Waals surface area contributed by atoms with E-state index in [1.807, 2.05) is 6.08 Å². The van der Waals surface area contributed by atoms with Crippen LogP contribution in [0, 0.1) is 5.92 Å². The summed E-state index contributed by atoms with van der Waals surface area (Å²) < 4.78 is 0. The molecule has 0 aliphatic carbocycles. The molecule has 2 heteroatoms. The zero-order chi connectivity index (χ0) is 7.82. The van der Waals surface area contributed by atoms with Gasteiger partial charge in [0.25, 0.3) is 0 Å². The van der Waals surface area contributed by atoms with Gasteiger partial charge < -0.3 is 11.1 Å². The van der Waals surface area contributed by atoms with Crippen molar-refractivity contribution in [2.45, 2.75) is 13.8 Å². The third kappa shape index (κ3) is 7.66. The minimum absolute atomic E-state index is 0.642. The van der Waals surface area contributed by atoms with Crippen LogP contribution in [0.2, 0.25) is 0 Å². The maximum atomic E-state index is 5.26. The van der Waals surface area contributed by atoms with Crippen LogP contribution in [-0.4, -0.2) is 19.6 Å². The van der Waals surface area contributed by atoms with Gasteiger partial charge in [-0.2, -0.15) is 0 Å². The summed E-state index contributed by atoms with van der Waals surface area (Å²) in [4.78, 5) is 0. The number of hydrogen-bond acceptors (Lipinski definition) is 2. The van der Waals surface area contributed by atoms with Crippen LogP contribution in [0.1, 0.15) is 13.8 Å². The van der Waals surface area contributed by atoms with Gasteiger partial charge in [-0.15, -0.1) is 0 Å². The largest absolute Gasteiger partial charge is 0.327 e. The van der Waals surface area contributed by atoms with Crippen LogP contribution in [0.5, 0.6) is 0 Å². The summed E-state index contributed by atoms with van der Waals surface area (Å²) >= 11 is 0. The van der Waals surface area contributed by atoms with Crippen LogP contribution in [0.3, 0.4) is 0 Å². The minimum Gasteiger partial charge on any atom is -0.327 e. The molecule has 0 amide bonds. The van der Waals surface area contributed by atoms with E-state index in [9.17, 15) is 0 Å². The smallest absolute Gasteiger partial charge is 0.0135 e. The number of hydrogen-bond donors (Lipinski definition) is 2. The molecule has 0 aromatic carbocycles. The van der Waals surface area contributed by atoms with E-state index in [0.717, 1.165) is 19.0 Å². The van der Waals surface area contributed by atoms with Crippen LogP contribution in [0.4, 0.5) is 0 Å². The monoisotopic (exact) mass is 142 g/mol. The first-order chi connectivity index (χ1) is 4.77. The molecule has 0 bridgehead atoms. The van der Waals surface area contributed by atoms with Crippen molar-refractivity contribution >= 4 is 0 Å². The SMILES string of the molecule is CC(C)CNC/C=C/CN. The quantitative estimate of drug-likeness (QED) is 0.439. The molecule has 0 fully saturated rings. The Morgan fingerprint density at radius 1 is 1.40 bits per heavy atom. The Morgan fingerprint density at radius 3 is 2.60 bits per heavy atom.